The van der Waals surface area contributed by atoms with Crippen LogP contribution in [0.4, 0.5) is 0 Å². The molecule has 1 aromatic heterocycles. The van der Waals surface area contributed by atoms with Gasteiger partial charge in [-0.2, -0.15) is 0 Å². The van der Waals surface area contributed by atoms with E-state index in [1.54, 1.807) is 19.4 Å². The molecule has 1 aromatic rings. The highest BCUT2D eigenvalue weighted by molar-refractivity contribution is 5.10. The molecule has 0 radical (unpaired) electrons. The summed E-state index contributed by atoms with van der Waals surface area (Å²) in [5, 5.41) is 13.3. The van der Waals surface area contributed by atoms with Gasteiger partial charge in [-0.1, -0.05) is 6.07 Å². The van der Waals surface area contributed by atoms with Gasteiger partial charge in [0.05, 0.1) is 4.92 Å². The summed E-state index contributed by atoms with van der Waals surface area (Å²) in [5.41, 5.74) is 1.01. The van der Waals surface area contributed by atoms with E-state index in [4.69, 9.17) is 0 Å². The van der Waals surface area contributed by atoms with Crippen molar-refractivity contribution in [3.8, 4) is 0 Å². The summed E-state index contributed by atoms with van der Waals surface area (Å²) in [5.74, 6) is 0.487. The number of nitrogens with zero attached hydrogens (tertiary/aromatic N) is 3. The fraction of sp³-hybridized carbons (Fsp3) is 0.364. The second-order valence-corrected chi connectivity index (χ2v) is 3.43. The number of nitrogens with one attached hydrogen (secondary N) is 1. The first kappa shape index (κ1) is 13.0. The van der Waals surface area contributed by atoms with Gasteiger partial charge < -0.3 is 10.2 Å². The lowest BCUT2D eigenvalue weighted by molar-refractivity contribution is -0.404. The van der Waals surface area contributed by atoms with Crippen molar-refractivity contribution in [1.82, 2.24) is 15.2 Å². The van der Waals surface area contributed by atoms with Crippen molar-refractivity contribution in [2.75, 3.05) is 13.6 Å². The molecule has 0 fully saturated rings. The quantitative estimate of drug-likeness (QED) is 0.593. The van der Waals surface area contributed by atoms with Gasteiger partial charge in [0.1, 0.15) is 0 Å². The second-order valence-electron chi connectivity index (χ2n) is 3.43. The van der Waals surface area contributed by atoms with Crippen molar-refractivity contribution < 1.29 is 4.92 Å². The monoisotopic (exact) mass is 236 g/mol. The van der Waals surface area contributed by atoms with Crippen LogP contribution in [0.25, 0.3) is 0 Å². The normalized spacial score (nSPS) is 11.1. The summed E-state index contributed by atoms with van der Waals surface area (Å²) < 4.78 is 0. The molecule has 6 nitrogen and oxygen atoms in total. The van der Waals surface area contributed by atoms with Crippen LogP contribution in [-0.2, 0) is 6.54 Å². The number of pyridine rings is 1. The van der Waals surface area contributed by atoms with E-state index in [0.717, 1.165) is 11.8 Å². The lowest BCUT2D eigenvalue weighted by Crippen LogP contribution is -2.30. The summed E-state index contributed by atoms with van der Waals surface area (Å²) in [7, 11) is 1.67. The maximum atomic E-state index is 10.5. The van der Waals surface area contributed by atoms with Gasteiger partial charge in [-0.05, 0) is 18.6 Å². The summed E-state index contributed by atoms with van der Waals surface area (Å²) in [6.45, 7) is 3.21. The molecule has 0 aliphatic heterocycles. The molecule has 0 spiro atoms. The Bertz CT molecular complexity index is 392. The van der Waals surface area contributed by atoms with Gasteiger partial charge in [-0.3, -0.25) is 15.1 Å². The highest BCUT2D eigenvalue weighted by Gasteiger charge is 2.10. The van der Waals surface area contributed by atoms with Crippen LogP contribution >= 0.6 is 0 Å². The predicted octanol–water partition coefficient (Wildman–Crippen LogP) is 1.20. The Morgan fingerprint density at radius 3 is 2.94 bits per heavy atom. The van der Waals surface area contributed by atoms with E-state index < -0.39 is 4.92 Å². The zero-order valence-electron chi connectivity index (χ0n) is 9.96. The molecule has 0 bridgehead atoms. The van der Waals surface area contributed by atoms with Crippen LogP contribution in [0.2, 0.25) is 0 Å². The Kier molecular flexibility index (Phi) is 4.93. The first-order valence-corrected chi connectivity index (χ1v) is 5.34. The van der Waals surface area contributed by atoms with E-state index in [1.807, 2.05) is 24.0 Å². The highest BCUT2D eigenvalue weighted by Crippen LogP contribution is 2.07. The van der Waals surface area contributed by atoms with E-state index in [1.165, 1.54) is 0 Å². The zero-order valence-corrected chi connectivity index (χ0v) is 9.96. The fourth-order valence-corrected chi connectivity index (χ4v) is 1.48. The Labute approximate surface area is 100 Å². The first-order chi connectivity index (χ1) is 8.17. The summed E-state index contributed by atoms with van der Waals surface area (Å²) in [6.07, 6.45) is 4.42. The molecule has 0 aromatic carbocycles. The van der Waals surface area contributed by atoms with Crippen LogP contribution in [0.15, 0.2) is 36.5 Å². The molecular weight excluding hydrogens is 220 g/mol. The molecule has 1 rings (SSSR count). The Hall–Kier alpha value is -2.11. The van der Waals surface area contributed by atoms with E-state index in [0.29, 0.717) is 18.9 Å². The molecule has 17 heavy (non-hydrogen) atoms. The maximum absolute atomic E-state index is 10.5. The van der Waals surface area contributed by atoms with Crippen molar-refractivity contribution >= 4 is 0 Å². The van der Waals surface area contributed by atoms with Crippen LogP contribution < -0.4 is 5.32 Å². The molecule has 0 atom stereocenters. The second kappa shape index (κ2) is 6.47. The molecular formula is C11H16N4O2. The van der Waals surface area contributed by atoms with Gasteiger partial charge in [0, 0.05) is 32.5 Å². The lowest BCUT2D eigenvalue weighted by Gasteiger charge is -2.23. The molecule has 0 unspecified atom stereocenters. The molecule has 0 saturated carbocycles. The van der Waals surface area contributed by atoms with Gasteiger partial charge in [-0.15, -0.1) is 0 Å². The topological polar surface area (TPSA) is 71.3 Å². The lowest BCUT2D eigenvalue weighted by atomic mass is 10.2. The Balaban J connectivity index is 2.80. The number of hydrogen-bond acceptors (Lipinski definition) is 5. The molecule has 6 heteroatoms. The van der Waals surface area contributed by atoms with Crippen molar-refractivity contribution in [2.24, 2.45) is 0 Å². The van der Waals surface area contributed by atoms with Crippen LogP contribution in [0.3, 0.4) is 0 Å². The molecule has 1 N–H and O–H groups in total. The fourth-order valence-electron chi connectivity index (χ4n) is 1.48. The summed E-state index contributed by atoms with van der Waals surface area (Å²) >= 11 is 0. The largest absolute Gasteiger partial charge is 0.370 e. The number of aromatic nitrogens is 1. The summed E-state index contributed by atoms with van der Waals surface area (Å²) in [6, 6.07) is 3.79. The maximum Gasteiger partial charge on any atom is 0.274 e. The molecule has 0 aliphatic rings. The number of nitro groups is 1. The van der Waals surface area contributed by atoms with Gasteiger partial charge in [0.15, 0.2) is 5.82 Å². The molecule has 1 heterocycles. The Morgan fingerprint density at radius 1 is 1.71 bits per heavy atom. The van der Waals surface area contributed by atoms with E-state index in [2.05, 4.69) is 10.3 Å². The number of rotatable bonds is 6. The average Bonchev–Trinajstić information content (AvgIpc) is 2.34. The number of hydrogen-bond donors (Lipinski definition) is 1. The van der Waals surface area contributed by atoms with Crippen molar-refractivity contribution in [3.63, 3.8) is 0 Å². The van der Waals surface area contributed by atoms with Crippen LogP contribution in [-0.4, -0.2) is 28.4 Å². The molecule has 0 aliphatic carbocycles. The predicted molar refractivity (Wildman–Crippen MR) is 64.5 cm³/mol. The third-order valence-corrected chi connectivity index (χ3v) is 2.30. The Morgan fingerprint density at radius 2 is 2.47 bits per heavy atom. The van der Waals surface area contributed by atoms with Crippen LogP contribution in [0.5, 0.6) is 0 Å². The minimum Gasteiger partial charge on any atom is -0.370 e. The van der Waals surface area contributed by atoms with E-state index >= 15 is 0 Å². The van der Waals surface area contributed by atoms with Gasteiger partial charge in [0.2, 0.25) is 0 Å². The molecule has 0 saturated heterocycles. The highest BCUT2D eigenvalue weighted by atomic mass is 16.6. The minimum atomic E-state index is -0.461. The van der Waals surface area contributed by atoms with Crippen molar-refractivity contribution in [2.45, 2.75) is 13.5 Å². The average molecular weight is 236 g/mol. The van der Waals surface area contributed by atoms with Crippen molar-refractivity contribution in [1.29, 1.82) is 0 Å². The van der Waals surface area contributed by atoms with Crippen molar-refractivity contribution in [3.05, 3.63) is 52.2 Å². The van der Waals surface area contributed by atoms with Gasteiger partial charge in [-0.25, -0.2) is 0 Å². The minimum absolute atomic E-state index is 0.461. The van der Waals surface area contributed by atoms with Crippen LogP contribution in [0.1, 0.15) is 12.5 Å². The third kappa shape index (κ3) is 4.10. The van der Waals surface area contributed by atoms with E-state index in [9.17, 15) is 10.1 Å². The van der Waals surface area contributed by atoms with Crippen LogP contribution in [0, 0.1) is 10.1 Å². The third-order valence-electron chi connectivity index (χ3n) is 2.30. The zero-order chi connectivity index (χ0) is 12.7. The SMILES string of the molecule is CCN(Cc1cccnc1)/C(=C/[N+](=O)[O-])NC. The van der Waals surface area contributed by atoms with Gasteiger partial charge in [0.25, 0.3) is 6.20 Å². The standard InChI is InChI=1S/C11H16N4O2/c1-3-14(11(12-2)9-15(16)17)8-10-5-4-6-13-7-10/h4-7,9,12H,3,8H2,1-2H3/b11-9+. The molecule has 0 amide bonds. The smallest absolute Gasteiger partial charge is 0.274 e. The van der Waals surface area contributed by atoms with E-state index in [-0.39, 0.29) is 0 Å². The summed E-state index contributed by atoms with van der Waals surface area (Å²) in [4.78, 5) is 15.9. The first-order valence-electron chi connectivity index (χ1n) is 5.34. The molecule has 92 valence electrons. The van der Waals surface area contributed by atoms with Gasteiger partial charge >= 0.3 is 0 Å².